The SMILES string of the molecule is CC(C)n1nnc2cc(C(=O)Nc3ccccc3)ccc21. The highest BCUT2D eigenvalue weighted by Gasteiger charge is 2.11. The highest BCUT2D eigenvalue weighted by molar-refractivity contribution is 6.05. The van der Waals surface area contributed by atoms with Crippen LogP contribution in [0.5, 0.6) is 0 Å². The van der Waals surface area contributed by atoms with E-state index in [-0.39, 0.29) is 11.9 Å². The average Bonchev–Trinajstić information content (AvgIpc) is 2.91. The van der Waals surface area contributed by atoms with Gasteiger partial charge in [-0.05, 0) is 44.2 Å². The number of anilines is 1. The van der Waals surface area contributed by atoms with Gasteiger partial charge in [0.25, 0.3) is 5.91 Å². The summed E-state index contributed by atoms with van der Waals surface area (Å²) in [6, 6.07) is 15.1. The third-order valence-electron chi connectivity index (χ3n) is 3.25. The molecule has 3 aromatic rings. The van der Waals surface area contributed by atoms with Crippen molar-refractivity contribution in [2.45, 2.75) is 19.9 Å². The second-order valence-electron chi connectivity index (χ2n) is 5.15. The molecule has 21 heavy (non-hydrogen) atoms. The fourth-order valence-electron chi connectivity index (χ4n) is 2.19. The summed E-state index contributed by atoms with van der Waals surface area (Å²) in [5.41, 5.74) is 3.00. The van der Waals surface area contributed by atoms with E-state index in [1.54, 1.807) is 12.1 Å². The number of carbonyl (C=O) groups is 1. The fraction of sp³-hybridized carbons (Fsp3) is 0.188. The van der Waals surface area contributed by atoms with Crippen molar-refractivity contribution in [1.29, 1.82) is 0 Å². The normalized spacial score (nSPS) is 11.0. The van der Waals surface area contributed by atoms with Gasteiger partial charge in [-0.1, -0.05) is 23.4 Å². The molecule has 1 N–H and O–H groups in total. The molecule has 0 bridgehead atoms. The van der Waals surface area contributed by atoms with Crippen LogP contribution >= 0.6 is 0 Å². The van der Waals surface area contributed by atoms with E-state index in [1.807, 2.05) is 54.9 Å². The van der Waals surface area contributed by atoms with E-state index in [0.29, 0.717) is 5.56 Å². The maximum atomic E-state index is 12.2. The van der Waals surface area contributed by atoms with Gasteiger partial charge < -0.3 is 5.32 Å². The molecule has 0 saturated heterocycles. The summed E-state index contributed by atoms with van der Waals surface area (Å²) in [6.07, 6.45) is 0. The van der Waals surface area contributed by atoms with Crippen LogP contribution in [0.25, 0.3) is 11.0 Å². The molecule has 1 amide bonds. The molecule has 1 aromatic heterocycles. The van der Waals surface area contributed by atoms with E-state index < -0.39 is 0 Å². The minimum atomic E-state index is -0.151. The smallest absolute Gasteiger partial charge is 0.255 e. The Balaban J connectivity index is 1.89. The highest BCUT2D eigenvalue weighted by Crippen LogP contribution is 2.18. The number of benzene rings is 2. The van der Waals surface area contributed by atoms with Gasteiger partial charge in [0.15, 0.2) is 0 Å². The number of hydrogen-bond acceptors (Lipinski definition) is 3. The summed E-state index contributed by atoms with van der Waals surface area (Å²) in [5.74, 6) is -0.151. The van der Waals surface area contributed by atoms with E-state index in [9.17, 15) is 4.79 Å². The van der Waals surface area contributed by atoms with Crippen molar-refractivity contribution < 1.29 is 4.79 Å². The zero-order valence-corrected chi connectivity index (χ0v) is 11.9. The number of rotatable bonds is 3. The highest BCUT2D eigenvalue weighted by atomic mass is 16.1. The maximum absolute atomic E-state index is 12.2. The lowest BCUT2D eigenvalue weighted by molar-refractivity contribution is 0.102. The van der Waals surface area contributed by atoms with Crippen LogP contribution in [-0.4, -0.2) is 20.9 Å². The van der Waals surface area contributed by atoms with Crippen LogP contribution in [0, 0.1) is 0 Å². The van der Waals surface area contributed by atoms with E-state index in [1.165, 1.54) is 0 Å². The number of amides is 1. The van der Waals surface area contributed by atoms with Crippen LogP contribution in [0.15, 0.2) is 48.5 Å². The van der Waals surface area contributed by atoms with E-state index in [4.69, 9.17) is 0 Å². The largest absolute Gasteiger partial charge is 0.322 e. The molecular weight excluding hydrogens is 264 g/mol. The lowest BCUT2D eigenvalue weighted by Crippen LogP contribution is -2.11. The molecule has 5 nitrogen and oxygen atoms in total. The number of hydrogen-bond donors (Lipinski definition) is 1. The number of carbonyl (C=O) groups excluding carboxylic acids is 1. The molecule has 0 atom stereocenters. The lowest BCUT2D eigenvalue weighted by Gasteiger charge is -2.07. The third-order valence-corrected chi connectivity index (χ3v) is 3.25. The summed E-state index contributed by atoms with van der Waals surface area (Å²) < 4.78 is 1.84. The first-order valence-corrected chi connectivity index (χ1v) is 6.86. The minimum Gasteiger partial charge on any atom is -0.322 e. The van der Waals surface area contributed by atoms with Gasteiger partial charge in [0.1, 0.15) is 5.52 Å². The topological polar surface area (TPSA) is 59.8 Å². The van der Waals surface area contributed by atoms with Crippen LogP contribution in [0.1, 0.15) is 30.2 Å². The van der Waals surface area contributed by atoms with E-state index >= 15 is 0 Å². The second kappa shape index (κ2) is 5.36. The predicted molar refractivity (Wildman–Crippen MR) is 82.3 cm³/mol. The number of aromatic nitrogens is 3. The Morgan fingerprint density at radius 1 is 1.14 bits per heavy atom. The summed E-state index contributed by atoms with van der Waals surface area (Å²) in [5, 5.41) is 11.1. The van der Waals surface area contributed by atoms with Crippen LogP contribution in [0.2, 0.25) is 0 Å². The zero-order valence-electron chi connectivity index (χ0n) is 11.9. The van der Waals surface area contributed by atoms with Crippen LogP contribution in [-0.2, 0) is 0 Å². The Bertz CT molecular complexity index is 777. The molecule has 5 heteroatoms. The lowest BCUT2D eigenvalue weighted by atomic mass is 10.1. The standard InChI is InChI=1S/C16H16N4O/c1-11(2)20-15-9-8-12(10-14(15)18-19-20)16(21)17-13-6-4-3-5-7-13/h3-11H,1-2H3,(H,17,21). The number of fused-ring (bicyclic) bond motifs is 1. The van der Waals surface area contributed by atoms with Gasteiger partial charge in [-0.2, -0.15) is 0 Å². The van der Waals surface area contributed by atoms with Gasteiger partial charge in [-0.25, -0.2) is 4.68 Å². The van der Waals surface area contributed by atoms with Gasteiger partial charge >= 0.3 is 0 Å². The fourth-order valence-corrected chi connectivity index (χ4v) is 2.19. The molecular formula is C16H16N4O. The van der Waals surface area contributed by atoms with Gasteiger partial charge in [-0.15, -0.1) is 5.10 Å². The molecule has 0 radical (unpaired) electrons. The second-order valence-corrected chi connectivity index (χ2v) is 5.15. The molecule has 106 valence electrons. The Morgan fingerprint density at radius 3 is 2.62 bits per heavy atom. The van der Waals surface area contributed by atoms with Gasteiger partial charge in [0.05, 0.1) is 5.52 Å². The summed E-state index contributed by atoms with van der Waals surface area (Å²) in [6.45, 7) is 4.09. The molecule has 0 fully saturated rings. The molecule has 0 spiro atoms. The van der Waals surface area contributed by atoms with Crippen molar-refractivity contribution in [2.24, 2.45) is 0 Å². The zero-order chi connectivity index (χ0) is 14.8. The first-order chi connectivity index (χ1) is 10.1. The summed E-state index contributed by atoms with van der Waals surface area (Å²) in [7, 11) is 0. The maximum Gasteiger partial charge on any atom is 0.255 e. The summed E-state index contributed by atoms with van der Waals surface area (Å²) >= 11 is 0. The van der Waals surface area contributed by atoms with Crippen molar-refractivity contribution in [3.05, 3.63) is 54.1 Å². The van der Waals surface area contributed by atoms with Gasteiger partial charge in [-0.3, -0.25) is 4.79 Å². The molecule has 0 aliphatic carbocycles. The Hall–Kier alpha value is -2.69. The van der Waals surface area contributed by atoms with Crippen molar-refractivity contribution in [3.8, 4) is 0 Å². The van der Waals surface area contributed by atoms with Gasteiger partial charge in [0.2, 0.25) is 0 Å². The van der Waals surface area contributed by atoms with Crippen molar-refractivity contribution in [2.75, 3.05) is 5.32 Å². The summed E-state index contributed by atoms with van der Waals surface area (Å²) in [4.78, 5) is 12.2. The minimum absolute atomic E-state index is 0.151. The third kappa shape index (κ3) is 2.63. The molecule has 0 aliphatic heterocycles. The van der Waals surface area contributed by atoms with E-state index in [2.05, 4.69) is 15.6 Å². The first-order valence-electron chi connectivity index (χ1n) is 6.86. The number of nitrogens with zero attached hydrogens (tertiary/aromatic N) is 3. The van der Waals surface area contributed by atoms with Crippen molar-refractivity contribution in [1.82, 2.24) is 15.0 Å². The molecule has 0 saturated carbocycles. The van der Waals surface area contributed by atoms with E-state index in [0.717, 1.165) is 16.7 Å². The molecule has 2 aromatic carbocycles. The monoisotopic (exact) mass is 280 g/mol. The Labute approximate surface area is 122 Å². The molecule has 1 heterocycles. The predicted octanol–water partition coefficient (Wildman–Crippen LogP) is 3.26. The van der Waals surface area contributed by atoms with Crippen molar-refractivity contribution in [3.63, 3.8) is 0 Å². The number of para-hydroxylation sites is 1. The van der Waals surface area contributed by atoms with Crippen molar-refractivity contribution >= 4 is 22.6 Å². The van der Waals surface area contributed by atoms with Crippen LogP contribution in [0.4, 0.5) is 5.69 Å². The number of nitrogens with one attached hydrogen (secondary N) is 1. The average molecular weight is 280 g/mol. The first kappa shape index (κ1) is 13.3. The molecule has 3 rings (SSSR count). The molecule has 0 unspecified atom stereocenters. The van der Waals surface area contributed by atoms with Crippen LogP contribution in [0.3, 0.4) is 0 Å². The Kier molecular flexibility index (Phi) is 3.39. The molecule has 0 aliphatic rings. The van der Waals surface area contributed by atoms with Gasteiger partial charge in [0, 0.05) is 17.3 Å². The Morgan fingerprint density at radius 2 is 1.90 bits per heavy atom. The van der Waals surface area contributed by atoms with Crippen LogP contribution < -0.4 is 5.32 Å². The quantitative estimate of drug-likeness (QED) is 0.801.